The largest absolute Gasteiger partial charge is 0.508 e. The molecule has 2 atom stereocenters. The van der Waals surface area contributed by atoms with Crippen LogP contribution in [0, 0.1) is 11.8 Å². The Balaban J connectivity index is 0.000000330. The average Bonchev–Trinajstić information content (AvgIpc) is 3.32. The number of likely N-dealkylation sites (tertiary alicyclic amines) is 1. The first-order valence-corrected chi connectivity index (χ1v) is 10.4. The van der Waals surface area contributed by atoms with E-state index >= 15 is 0 Å². The monoisotopic (exact) mass is 389 g/mol. The van der Waals surface area contributed by atoms with Gasteiger partial charge in [0.25, 0.3) is 0 Å². The highest BCUT2D eigenvalue weighted by Crippen LogP contribution is 2.51. The molecule has 4 rings (SSSR count). The second kappa shape index (κ2) is 8.95. The molecule has 1 aromatic carbocycles. The molecule has 0 aromatic heterocycles. The van der Waals surface area contributed by atoms with E-state index in [9.17, 15) is 5.11 Å². The highest BCUT2D eigenvalue weighted by atomic mass is 16.4. The van der Waals surface area contributed by atoms with Crippen LogP contribution < -0.4 is 0 Å². The zero-order chi connectivity index (χ0) is 20.1. The van der Waals surface area contributed by atoms with E-state index in [1.54, 1.807) is 6.07 Å². The lowest BCUT2D eigenvalue weighted by Gasteiger charge is -2.45. The van der Waals surface area contributed by atoms with E-state index in [0.29, 0.717) is 11.2 Å². The summed E-state index contributed by atoms with van der Waals surface area (Å²) in [6.45, 7) is 3.88. The number of fused-ring (bicyclic) bond motifs is 1. The van der Waals surface area contributed by atoms with Crippen molar-refractivity contribution in [2.24, 2.45) is 11.8 Å². The lowest BCUT2D eigenvalue weighted by atomic mass is 9.67. The molecule has 1 saturated heterocycles. The van der Waals surface area contributed by atoms with Crippen molar-refractivity contribution in [1.82, 2.24) is 4.90 Å². The molecule has 2 aliphatic carbocycles. The number of piperidine rings is 1. The Morgan fingerprint density at radius 2 is 1.75 bits per heavy atom. The maximum absolute atomic E-state index is 9.89. The van der Waals surface area contributed by atoms with Gasteiger partial charge in [0.1, 0.15) is 5.75 Å². The Morgan fingerprint density at radius 1 is 1.04 bits per heavy atom. The van der Waals surface area contributed by atoms with Crippen molar-refractivity contribution in [2.45, 2.75) is 56.8 Å². The Morgan fingerprint density at radius 3 is 2.39 bits per heavy atom. The van der Waals surface area contributed by atoms with Crippen LogP contribution in [0.2, 0.25) is 0 Å². The first kappa shape index (κ1) is 20.6. The van der Waals surface area contributed by atoms with Gasteiger partial charge in [0.2, 0.25) is 0 Å². The SMILES string of the molecule is O=C(O)C(=O)O.Oc1cccc(C23CCCC2CN(CC2CCCC2)CC3)c1. The Kier molecular flexibility index (Phi) is 6.60. The number of nitrogens with zero attached hydrogens (tertiary/aromatic N) is 1. The van der Waals surface area contributed by atoms with Crippen LogP contribution in [0.25, 0.3) is 0 Å². The molecule has 1 aliphatic heterocycles. The van der Waals surface area contributed by atoms with E-state index in [1.165, 1.54) is 76.6 Å². The van der Waals surface area contributed by atoms with Gasteiger partial charge in [-0.25, -0.2) is 9.59 Å². The molecular formula is C22H31NO5. The fourth-order valence-corrected chi connectivity index (χ4v) is 5.56. The first-order valence-electron chi connectivity index (χ1n) is 10.4. The molecule has 28 heavy (non-hydrogen) atoms. The molecule has 0 spiro atoms. The van der Waals surface area contributed by atoms with E-state index in [2.05, 4.69) is 11.0 Å². The van der Waals surface area contributed by atoms with Gasteiger partial charge >= 0.3 is 11.9 Å². The Hall–Kier alpha value is -2.08. The molecule has 6 nitrogen and oxygen atoms in total. The number of phenols is 1. The summed E-state index contributed by atoms with van der Waals surface area (Å²) < 4.78 is 0. The van der Waals surface area contributed by atoms with E-state index in [-0.39, 0.29) is 0 Å². The molecule has 3 aliphatic rings. The standard InChI is InChI=1S/C20H29NO.C2H2O4/c22-19-9-3-7-17(13-19)20-10-4-8-18(20)15-21(12-11-20)14-16-5-1-2-6-16;3-1(4)2(5)6/h3,7,9,13,16,18,22H,1-2,4-6,8,10-12,14-15H2;(H,3,4)(H,5,6). The number of aromatic hydroxyl groups is 1. The maximum atomic E-state index is 9.89. The maximum Gasteiger partial charge on any atom is 0.414 e. The van der Waals surface area contributed by atoms with Crippen LogP contribution in [0.5, 0.6) is 5.75 Å². The minimum absolute atomic E-state index is 0.352. The van der Waals surface area contributed by atoms with Crippen LogP contribution >= 0.6 is 0 Å². The molecule has 154 valence electrons. The molecule has 2 saturated carbocycles. The number of rotatable bonds is 3. The normalized spacial score (nSPS) is 27.6. The van der Waals surface area contributed by atoms with Crippen molar-refractivity contribution in [1.29, 1.82) is 0 Å². The van der Waals surface area contributed by atoms with Gasteiger partial charge in [-0.1, -0.05) is 31.4 Å². The third kappa shape index (κ3) is 4.66. The third-order valence-corrected chi connectivity index (χ3v) is 6.90. The van der Waals surface area contributed by atoms with Gasteiger partial charge < -0.3 is 20.2 Å². The van der Waals surface area contributed by atoms with Gasteiger partial charge in [-0.2, -0.15) is 0 Å². The van der Waals surface area contributed by atoms with Crippen LogP contribution in [0.4, 0.5) is 0 Å². The summed E-state index contributed by atoms with van der Waals surface area (Å²) in [5, 5.41) is 24.7. The Bertz CT molecular complexity index is 688. The molecule has 0 radical (unpaired) electrons. The number of carboxylic acids is 2. The molecule has 1 heterocycles. The molecule has 3 N–H and O–H groups in total. The second-order valence-corrected chi connectivity index (χ2v) is 8.57. The number of hydrogen-bond donors (Lipinski definition) is 3. The summed E-state index contributed by atoms with van der Waals surface area (Å²) in [5.41, 5.74) is 1.75. The second-order valence-electron chi connectivity index (χ2n) is 8.57. The third-order valence-electron chi connectivity index (χ3n) is 6.90. The molecule has 0 bridgehead atoms. The van der Waals surface area contributed by atoms with Gasteiger partial charge in [-0.15, -0.1) is 0 Å². The van der Waals surface area contributed by atoms with Gasteiger partial charge in [0.05, 0.1) is 0 Å². The molecule has 2 unspecified atom stereocenters. The summed E-state index contributed by atoms with van der Waals surface area (Å²) in [7, 11) is 0. The molecule has 0 amide bonds. The summed E-state index contributed by atoms with van der Waals surface area (Å²) >= 11 is 0. The fraction of sp³-hybridized carbons (Fsp3) is 0.636. The van der Waals surface area contributed by atoms with Crippen molar-refractivity contribution in [3.63, 3.8) is 0 Å². The fourth-order valence-electron chi connectivity index (χ4n) is 5.56. The van der Waals surface area contributed by atoms with Gasteiger partial charge in [-0.05, 0) is 68.2 Å². The summed E-state index contributed by atoms with van der Waals surface area (Å²) in [4.78, 5) is 21.0. The topological polar surface area (TPSA) is 98.1 Å². The van der Waals surface area contributed by atoms with Crippen molar-refractivity contribution >= 4 is 11.9 Å². The predicted octanol–water partition coefficient (Wildman–Crippen LogP) is 3.48. The number of carbonyl (C=O) groups is 2. The molecule has 3 fully saturated rings. The lowest BCUT2D eigenvalue weighted by Crippen LogP contribution is -2.48. The average molecular weight is 389 g/mol. The smallest absolute Gasteiger partial charge is 0.414 e. The van der Waals surface area contributed by atoms with Gasteiger partial charge in [0.15, 0.2) is 0 Å². The quantitative estimate of drug-likeness (QED) is 0.685. The van der Waals surface area contributed by atoms with E-state index in [4.69, 9.17) is 19.8 Å². The van der Waals surface area contributed by atoms with Gasteiger partial charge in [0, 0.05) is 18.5 Å². The Labute approximate surface area is 166 Å². The minimum atomic E-state index is -1.82. The number of carboxylic acid groups (broad SMARTS) is 2. The highest BCUT2D eigenvalue weighted by molar-refractivity contribution is 6.27. The molecule has 6 heteroatoms. The molecular weight excluding hydrogens is 358 g/mol. The number of aliphatic carboxylic acids is 2. The number of phenolic OH excluding ortho intramolecular Hbond substituents is 1. The van der Waals surface area contributed by atoms with Crippen molar-refractivity contribution in [2.75, 3.05) is 19.6 Å². The zero-order valence-corrected chi connectivity index (χ0v) is 16.3. The van der Waals surface area contributed by atoms with Crippen molar-refractivity contribution in [3.05, 3.63) is 29.8 Å². The van der Waals surface area contributed by atoms with Crippen molar-refractivity contribution in [3.8, 4) is 5.75 Å². The minimum Gasteiger partial charge on any atom is -0.508 e. The molecule has 1 aromatic rings. The van der Waals surface area contributed by atoms with Crippen LogP contribution in [0.3, 0.4) is 0 Å². The van der Waals surface area contributed by atoms with Crippen LogP contribution in [0.1, 0.15) is 56.9 Å². The lowest BCUT2D eigenvalue weighted by molar-refractivity contribution is -0.159. The zero-order valence-electron chi connectivity index (χ0n) is 16.3. The number of hydrogen-bond acceptors (Lipinski definition) is 4. The number of benzene rings is 1. The highest BCUT2D eigenvalue weighted by Gasteiger charge is 2.47. The summed E-state index contributed by atoms with van der Waals surface area (Å²) in [6, 6.07) is 8.12. The van der Waals surface area contributed by atoms with Gasteiger partial charge in [-0.3, -0.25) is 0 Å². The van der Waals surface area contributed by atoms with Crippen LogP contribution in [-0.4, -0.2) is 51.8 Å². The first-order chi connectivity index (χ1) is 13.4. The van der Waals surface area contributed by atoms with E-state index < -0.39 is 11.9 Å². The van der Waals surface area contributed by atoms with Crippen LogP contribution in [0.15, 0.2) is 24.3 Å². The summed E-state index contributed by atoms with van der Waals surface area (Å²) in [6.07, 6.45) is 11.2. The van der Waals surface area contributed by atoms with E-state index in [0.717, 1.165) is 11.8 Å². The van der Waals surface area contributed by atoms with Crippen molar-refractivity contribution < 1.29 is 24.9 Å². The summed E-state index contributed by atoms with van der Waals surface area (Å²) in [5.74, 6) is -1.45. The van der Waals surface area contributed by atoms with E-state index in [1.807, 2.05) is 12.1 Å². The predicted molar refractivity (Wildman–Crippen MR) is 105 cm³/mol. The van der Waals surface area contributed by atoms with Crippen LogP contribution in [-0.2, 0) is 15.0 Å².